The summed E-state index contributed by atoms with van der Waals surface area (Å²) in [6, 6.07) is 15.0. The largest absolute Gasteiger partial charge is 0.255 e. The molecule has 0 bridgehead atoms. The van der Waals surface area contributed by atoms with Crippen LogP contribution in [0.25, 0.3) is 11.4 Å². The minimum atomic E-state index is 0.649. The van der Waals surface area contributed by atoms with Gasteiger partial charge in [-0.05, 0) is 42.0 Å². The van der Waals surface area contributed by atoms with Crippen LogP contribution in [0.3, 0.4) is 0 Å². The van der Waals surface area contributed by atoms with Crippen LogP contribution in [-0.4, -0.2) is 15.2 Å². The number of halogens is 2. The molecule has 0 unspecified atom stereocenters. The Morgan fingerprint density at radius 2 is 1.64 bits per heavy atom. The molecule has 1 aromatic carbocycles. The van der Waals surface area contributed by atoms with Crippen LogP contribution in [-0.2, 0) is 5.75 Å². The highest BCUT2D eigenvalue weighted by Gasteiger charge is 2.07. The summed E-state index contributed by atoms with van der Waals surface area (Å²) in [6.07, 6.45) is 1.74. The zero-order valence-electron chi connectivity index (χ0n) is 11.4. The minimum Gasteiger partial charge on any atom is -0.255 e. The van der Waals surface area contributed by atoms with E-state index in [4.69, 9.17) is 23.2 Å². The van der Waals surface area contributed by atoms with Gasteiger partial charge < -0.3 is 0 Å². The van der Waals surface area contributed by atoms with E-state index in [1.807, 2.05) is 48.5 Å². The van der Waals surface area contributed by atoms with Gasteiger partial charge in [0.05, 0.1) is 5.69 Å². The molecule has 22 heavy (non-hydrogen) atoms. The second-order valence-electron chi connectivity index (χ2n) is 4.46. The molecule has 0 atom stereocenters. The van der Waals surface area contributed by atoms with Crippen LogP contribution in [0.5, 0.6) is 0 Å². The van der Waals surface area contributed by atoms with Gasteiger partial charge >= 0.3 is 0 Å². The highest BCUT2D eigenvalue weighted by molar-refractivity contribution is 7.98. The maximum absolute atomic E-state index is 6.16. The summed E-state index contributed by atoms with van der Waals surface area (Å²) in [6.45, 7) is 0. The van der Waals surface area contributed by atoms with Crippen LogP contribution in [0, 0.1) is 0 Å². The van der Waals surface area contributed by atoms with Gasteiger partial charge in [-0.25, -0.2) is 0 Å². The Morgan fingerprint density at radius 1 is 0.818 bits per heavy atom. The third kappa shape index (κ3) is 3.58. The van der Waals surface area contributed by atoms with Gasteiger partial charge in [0.25, 0.3) is 0 Å². The van der Waals surface area contributed by atoms with Crippen LogP contribution in [0.15, 0.2) is 59.8 Å². The van der Waals surface area contributed by atoms with Crippen molar-refractivity contribution in [3.05, 3.63) is 70.3 Å². The van der Waals surface area contributed by atoms with Gasteiger partial charge in [0, 0.05) is 22.0 Å². The van der Waals surface area contributed by atoms with Crippen molar-refractivity contribution in [2.45, 2.75) is 10.8 Å². The lowest BCUT2D eigenvalue weighted by Gasteiger charge is -2.06. The number of hydrogen-bond donors (Lipinski definition) is 0. The molecule has 0 saturated heterocycles. The minimum absolute atomic E-state index is 0.649. The molecule has 0 fully saturated rings. The molecule has 0 aliphatic rings. The van der Waals surface area contributed by atoms with Crippen molar-refractivity contribution in [2.75, 3.05) is 0 Å². The standard InChI is InChI=1S/C16H11Cl2N3S/c17-12-4-3-5-13(18)11(12)10-22-16-8-7-15(20-21-16)14-6-1-2-9-19-14/h1-9H,10H2. The summed E-state index contributed by atoms with van der Waals surface area (Å²) < 4.78 is 0. The first-order valence-corrected chi connectivity index (χ1v) is 8.29. The molecule has 0 N–H and O–H groups in total. The SMILES string of the molecule is Clc1cccc(Cl)c1CSc1ccc(-c2ccccn2)nn1. The zero-order valence-corrected chi connectivity index (χ0v) is 13.7. The average molecular weight is 348 g/mol. The smallest absolute Gasteiger partial charge is 0.119 e. The maximum atomic E-state index is 6.16. The van der Waals surface area contributed by atoms with Gasteiger partial charge in [-0.3, -0.25) is 4.98 Å². The summed E-state index contributed by atoms with van der Waals surface area (Å²) in [5.74, 6) is 0.649. The van der Waals surface area contributed by atoms with E-state index in [0.29, 0.717) is 15.8 Å². The van der Waals surface area contributed by atoms with Crippen LogP contribution in [0.1, 0.15) is 5.56 Å². The van der Waals surface area contributed by atoms with Gasteiger partial charge in [0.2, 0.25) is 0 Å². The zero-order chi connectivity index (χ0) is 15.4. The summed E-state index contributed by atoms with van der Waals surface area (Å²) >= 11 is 13.9. The molecule has 3 rings (SSSR count). The normalized spacial score (nSPS) is 10.6. The fraction of sp³-hybridized carbons (Fsp3) is 0.0625. The molecule has 0 aliphatic heterocycles. The van der Waals surface area contributed by atoms with Gasteiger partial charge in [-0.2, -0.15) is 0 Å². The summed E-state index contributed by atoms with van der Waals surface area (Å²) in [5.41, 5.74) is 2.47. The van der Waals surface area contributed by atoms with E-state index in [1.165, 1.54) is 0 Å². The lowest BCUT2D eigenvalue weighted by Crippen LogP contribution is -1.92. The second kappa shape index (κ2) is 7.09. The Balaban J connectivity index is 1.72. The Hall–Kier alpha value is -1.62. The fourth-order valence-electron chi connectivity index (χ4n) is 1.86. The van der Waals surface area contributed by atoms with Gasteiger partial charge in [0.1, 0.15) is 10.7 Å². The fourth-order valence-corrected chi connectivity index (χ4v) is 3.42. The third-order valence-corrected chi connectivity index (χ3v) is 4.65. The highest BCUT2D eigenvalue weighted by Crippen LogP contribution is 2.30. The number of rotatable bonds is 4. The van der Waals surface area contributed by atoms with Crippen molar-refractivity contribution < 1.29 is 0 Å². The number of benzene rings is 1. The second-order valence-corrected chi connectivity index (χ2v) is 6.27. The van der Waals surface area contributed by atoms with Crippen molar-refractivity contribution in [1.29, 1.82) is 0 Å². The van der Waals surface area contributed by atoms with E-state index in [0.717, 1.165) is 22.0 Å². The summed E-state index contributed by atoms with van der Waals surface area (Å²) in [5, 5.41) is 10.6. The molecule has 0 radical (unpaired) electrons. The van der Waals surface area contributed by atoms with Gasteiger partial charge in [0.15, 0.2) is 0 Å². The Bertz CT molecular complexity index is 744. The third-order valence-electron chi connectivity index (χ3n) is 2.99. The van der Waals surface area contributed by atoms with Crippen molar-refractivity contribution >= 4 is 35.0 Å². The number of pyridine rings is 1. The first-order chi connectivity index (χ1) is 10.7. The Kier molecular flexibility index (Phi) is 4.93. The first-order valence-electron chi connectivity index (χ1n) is 6.55. The van der Waals surface area contributed by atoms with Crippen molar-refractivity contribution in [2.24, 2.45) is 0 Å². The molecular weight excluding hydrogens is 337 g/mol. The lowest BCUT2D eigenvalue weighted by atomic mass is 10.2. The molecule has 2 heterocycles. The van der Waals surface area contributed by atoms with E-state index in [-0.39, 0.29) is 0 Å². The molecule has 6 heteroatoms. The van der Waals surface area contributed by atoms with Gasteiger partial charge in [-0.1, -0.05) is 47.1 Å². The van der Waals surface area contributed by atoms with Crippen LogP contribution < -0.4 is 0 Å². The van der Waals surface area contributed by atoms with Crippen molar-refractivity contribution in [1.82, 2.24) is 15.2 Å². The van der Waals surface area contributed by atoms with E-state index in [9.17, 15) is 0 Å². The maximum Gasteiger partial charge on any atom is 0.119 e. The lowest BCUT2D eigenvalue weighted by molar-refractivity contribution is 0.931. The Labute approximate surface area is 142 Å². The number of aromatic nitrogens is 3. The van der Waals surface area contributed by atoms with E-state index in [1.54, 1.807) is 18.0 Å². The predicted octanol–water partition coefficient (Wildman–Crippen LogP) is 5.14. The predicted molar refractivity (Wildman–Crippen MR) is 91.3 cm³/mol. The summed E-state index contributed by atoms with van der Waals surface area (Å²) in [7, 11) is 0. The topological polar surface area (TPSA) is 38.7 Å². The quantitative estimate of drug-likeness (QED) is 0.612. The van der Waals surface area contributed by atoms with Crippen molar-refractivity contribution in [3.8, 4) is 11.4 Å². The monoisotopic (exact) mass is 347 g/mol. The number of nitrogens with zero attached hydrogens (tertiary/aromatic N) is 3. The molecule has 0 spiro atoms. The molecule has 0 aliphatic carbocycles. The molecular formula is C16H11Cl2N3S. The van der Waals surface area contributed by atoms with Gasteiger partial charge in [-0.15, -0.1) is 10.2 Å². The molecule has 3 aromatic rings. The molecule has 0 saturated carbocycles. The van der Waals surface area contributed by atoms with E-state index < -0.39 is 0 Å². The van der Waals surface area contributed by atoms with Crippen LogP contribution in [0.4, 0.5) is 0 Å². The molecule has 2 aromatic heterocycles. The highest BCUT2D eigenvalue weighted by atomic mass is 35.5. The van der Waals surface area contributed by atoms with Crippen LogP contribution >= 0.6 is 35.0 Å². The number of thioether (sulfide) groups is 1. The van der Waals surface area contributed by atoms with E-state index in [2.05, 4.69) is 15.2 Å². The van der Waals surface area contributed by atoms with Crippen molar-refractivity contribution in [3.63, 3.8) is 0 Å². The average Bonchev–Trinajstić information content (AvgIpc) is 2.56. The molecule has 110 valence electrons. The summed E-state index contributed by atoms with van der Waals surface area (Å²) in [4.78, 5) is 4.25. The molecule has 0 amide bonds. The molecule has 3 nitrogen and oxygen atoms in total. The Morgan fingerprint density at radius 3 is 2.27 bits per heavy atom. The van der Waals surface area contributed by atoms with E-state index >= 15 is 0 Å². The van der Waals surface area contributed by atoms with Crippen LogP contribution in [0.2, 0.25) is 10.0 Å². The first kappa shape index (κ1) is 15.3. The number of hydrogen-bond acceptors (Lipinski definition) is 4.